The van der Waals surface area contributed by atoms with Gasteiger partial charge in [-0.1, -0.05) is 25.4 Å². The summed E-state index contributed by atoms with van der Waals surface area (Å²) in [4.78, 5) is 12.1. The number of hydrogen-bond acceptors (Lipinski definition) is 3. The maximum atomic E-state index is 12.1. The highest BCUT2D eigenvalue weighted by molar-refractivity contribution is 7.92. The van der Waals surface area contributed by atoms with Crippen LogP contribution in [0.2, 0.25) is 5.02 Å². The molecule has 18 heavy (non-hydrogen) atoms. The third-order valence-corrected chi connectivity index (χ3v) is 5.28. The molecule has 0 aliphatic carbocycles. The van der Waals surface area contributed by atoms with Gasteiger partial charge in [0, 0.05) is 10.6 Å². The summed E-state index contributed by atoms with van der Waals surface area (Å²) in [5.74, 6) is -0.351. The normalized spacial score (nSPS) is 13.6. The molecule has 1 atom stereocenters. The second-order valence-electron chi connectivity index (χ2n) is 4.74. The minimum atomic E-state index is -3.40. The van der Waals surface area contributed by atoms with Crippen molar-refractivity contribution in [2.24, 2.45) is 5.92 Å². The van der Waals surface area contributed by atoms with E-state index in [-0.39, 0.29) is 17.5 Å². The molecule has 3 nitrogen and oxygen atoms in total. The molecular weight excluding hydrogens is 272 g/mol. The quantitative estimate of drug-likeness (QED) is 0.783. The van der Waals surface area contributed by atoms with Crippen molar-refractivity contribution in [1.82, 2.24) is 0 Å². The average Bonchev–Trinajstić information content (AvgIpc) is 2.26. The third kappa shape index (κ3) is 3.82. The van der Waals surface area contributed by atoms with E-state index in [9.17, 15) is 13.2 Å². The van der Waals surface area contributed by atoms with Crippen molar-refractivity contribution >= 4 is 27.2 Å². The summed E-state index contributed by atoms with van der Waals surface area (Å²) in [5, 5.41) is -0.495. The van der Waals surface area contributed by atoms with Crippen LogP contribution in [0.4, 0.5) is 0 Å². The zero-order valence-electron chi connectivity index (χ0n) is 10.7. The summed E-state index contributed by atoms with van der Waals surface area (Å²) in [6.45, 7) is 5.07. The topological polar surface area (TPSA) is 51.2 Å². The molecule has 100 valence electrons. The Bertz CT molecular complexity index is 518. The molecule has 0 radical (unpaired) electrons. The van der Waals surface area contributed by atoms with E-state index in [1.54, 1.807) is 24.3 Å². The van der Waals surface area contributed by atoms with Crippen LogP contribution in [0.1, 0.15) is 31.1 Å². The lowest BCUT2D eigenvalue weighted by molar-refractivity contribution is 0.0991. The lowest BCUT2D eigenvalue weighted by Gasteiger charge is -2.13. The first-order valence-corrected chi connectivity index (χ1v) is 7.84. The van der Waals surface area contributed by atoms with Gasteiger partial charge in [0.15, 0.2) is 15.6 Å². The van der Waals surface area contributed by atoms with Crippen molar-refractivity contribution in [2.75, 3.05) is 5.75 Å². The maximum Gasteiger partial charge on any atom is 0.180 e. The number of benzene rings is 1. The van der Waals surface area contributed by atoms with Crippen LogP contribution in [0, 0.1) is 5.92 Å². The van der Waals surface area contributed by atoms with Gasteiger partial charge in [-0.25, -0.2) is 8.42 Å². The standard InChI is InChI=1S/C13H17ClO3S/c1-9(2)8-18(16,17)10(3)13(15)11-4-6-12(14)7-5-11/h4-7,9-10H,8H2,1-3H3. The second kappa shape index (κ2) is 5.85. The van der Waals surface area contributed by atoms with E-state index in [0.717, 1.165) is 0 Å². The highest BCUT2D eigenvalue weighted by atomic mass is 35.5. The lowest BCUT2D eigenvalue weighted by Crippen LogP contribution is -2.31. The summed E-state index contributed by atoms with van der Waals surface area (Å²) in [7, 11) is -3.40. The SMILES string of the molecule is CC(C)CS(=O)(=O)C(C)C(=O)c1ccc(Cl)cc1. The first-order chi connectivity index (χ1) is 8.24. The highest BCUT2D eigenvalue weighted by Gasteiger charge is 2.29. The predicted octanol–water partition coefficient (Wildman–Crippen LogP) is 2.98. The molecule has 0 saturated heterocycles. The van der Waals surface area contributed by atoms with Gasteiger partial charge in [0.1, 0.15) is 5.25 Å². The highest BCUT2D eigenvalue weighted by Crippen LogP contribution is 2.16. The second-order valence-corrected chi connectivity index (χ2v) is 7.54. The average molecular weight is 289 g/mol. The van der Waals surface area contributed by atoms with Crippen LogP contribution in [0.5, 0.6) is 0 Å². The molecule has 0 aliphatic rings. The number of carbonyl (C=O) groups is 1. The Hall–Kier alpha value is -0.870. The minimum Gasteiger partial charge on any atom is -0.293 e. The van der Waals surface area contributed by atoms with Crippen LogP contribution >= 0.6 is 11.6 Å². The smallest absolute Gasteiger partial charge is 0.180 e. The van der Waals surface area contributed by atoms with E-state index in [2.05, 4.69) is 0 Å². The van der Waals surface area contributed by atoms with E-state index in [0.29, 0.717) is 10.6 Å². The Labute approximate surface area is 113 Å². The Morgan fingerprint density at radius 2 is 1.67 bits per heavy atom. The summed E-state index contributed by atoms with van der Waals surface area (Å²) in [6, 6.07) is 6.26. The summed E-state index contributed by atoms with van der Waals surface area (Å²) in [5.41, 5.74) is 0.374. The fourth-order valence-corrected chi connectivity index (χ4v) is 3.43. The molecule has 0 N–H and O–H groups in total. The van der Waals surface area contributed by atoms with Gasteiger partial charge in [0.2, 0.25) is 0 Å². The van der Waals surface area contributed by atoms with Crippen molar-refractivity contribution in [3.63, 3.8) is 0 Å². The summed E-state index contributed by atoms with van der Waals surface area (Å²) in [6.07, 6.45) is 0. The van der Waals surface area contributed by atoms with Gasteiger partial charge in [-0.3, -0.25) is 4.79 Å². The molecule has 5 heteroatoms. The number of rotatable bonds is 5. The van der Waals surface area contributed by atoms with E-state index < -0.39 is 15.1 Å². The van der Waals surface area contributed by atoms with E-state index in [1.807, 2.05) is 13.8 Å². The van der Waals surface area contributed by atoms with Gasteiger partial charge in [-0.05, 0) is 37.1 Å². The van der Waals surface area contributed by atoms with Crippen LogP contribution in [-0.2, 0) is 9.84 Å². The molecule has 0 amide bonds. The fraction of sp³-hybridized carbons (Fsp3) is 0.462. The van der Waals surface area contributed by atoms with Gasteiger partial charge in [-0.15, -0.1) is 0 Å². The monoisotopic (exact) mass is 288 g/mol. The van der Waals surface area contributed by atoms with Crippen LogP contribution in [0.15, 0.2) is 24.3 Å². The number of sulfone groups is 1. The lowest BCUT2D eigenvalue weighted by atomic mass is 10.1. The molecule has 1 unspecified atom stereocenters. The van der Waals surface area contributed by atoms with E-state index in [4.69, 9.17) is 11.6 Å². The minimum absolute atomic E-state index is 0.00969. The molecule has 0 spiro atoms. The number of carbonyl (C=O) groups excluding carboxylic acids is 1. The molecule has 0 aliphatic heterocycles. The van der Waals surface area contributed by atoms with Crippen LogP contribution < -0.4 is 0 Å². The van der Waals surface area contributed by atoms with Crippen molar-refractivity contribution in [3.8, 4) is 0 Å². The first kappa shape index (κ1) is 15.2. The number of ketones is 1. The van der Waals surface area contributed by atoms with E-state index >= 15 is 0 Å². The molecular formula is C13H17ClO3S. The summed E-state index contributed by atoms with van der Waals surface area (Å²) >= 11 is 5.73. The van der Waals surface area contributed by atoms with Gasteiger partial charge in [0.25, 0.3) is 0 Å². The fourth-order valence-electron chi connectivity index (χ4n) is 1.62. The van der Waals surface area contributed by atoms with Crippen molar-refractivity contribution in [2.45, 2.75) is 26.0 Å². The van der Waals surface area contributed by atoms with Gasteiger partial charge in [-0.2, -0.15) is 0 Å². The molecule has 0 bridgehead atoms. The van der Waals surface area contributed by atoms with Crippen LogP contribution in [-0.4, -0.2) is 25.2 Å². The Morgan fingerprint density at radius 1 is 1.17 bits per heavy atom. The van der Waals surface area contributed by atoms with Crippen molar-refractivity contribution < 1.29 is 13.2 Å². The Balaban J connectivity index is 2.94. The van der Waals surface area contributed by atoms with Gasteiger partial charge in [0.05, 0.1) is 5.75 Å². The van der Waals surface area contributed by atoms with Crippen LogP contribution in [0.3, 0.4) is 0 Å². The zero-order valence-corrected chi connectivity index (χ0v) is 12.3. The van der Waals surface area contributed by atoms with Crippen molar-refractivity contribution in [3.05, 3.63) is 34.9 Å². The largest absolute Gasteiger partial charge is 0.293 e. The number of Topliss-reactive ketones (excluding diaryl/α,β-unsaturated/α-hetero) is 1. The van der Waals surface area contributed by atoms with E-state index in [1.165, 1.54) is 6.92 Å². The van der Waals surface area contributed by atoms with Crippen molar-refractivity contribution in [1.29, 1.82) is 0 Å². The number of hydrogen-bond donors (Lipinski definition) is 0. The molecule has 1 rings (SSSR count). The van der Waals surface area contributed by atoms with Gasteiger partial charge < -0.3 is 0 Å². The first-order valence-electron chi connectivity index (χ1n) is 5.75. The molecule has 0 saturated carbocycles. The Kier molecular flexibility index (Phi) is 4.93. The van der Waals surface area contributed by atoms with Crippen LogP contribution in [0.25, 0.3) is 0 Å². The number of halogens is 1. The summed E-state index contributed by atoms with van der Waals surface area (Å²) < 4.78 is 24.0. The Morgan fingerprint density at radius 3 is 2.11 bits per heavy atom. The molecule has 0 fully saturated rings. The third-order valence-electron chi connectivity index (χ3n) is 2.60. The van der Waals surface area contributed by atoms with Gasteiger partial charge >= 0.3 is 0 Å². The predicted molar refractivity (Wildman–Crippen MR) is 73.9 cm³/mol. The maximum absolute atomic E-state index is 12.1. The molecule has 1 aromatic rings. The molecule has 1 aromatic carbocycles. The molecule has 0 heterocycles. The zero-order chi connectivity index (χ0) is 13.9. The molecule has 0 aromatic heterocycles.